The van der Waals surface area contributed by atoms with Gasteiger partial charge in [0.05, 0.1) is 23.1 Å². The molecule has 2 heterocycles. The monoisotopic (exact) mass is 377 g/mol. The SMILES string of the molecule is Cc1cc(C)cc(CN2CCN(C(=O)C3(N)CC3)[C@H]3CS(=O)(=O)C[C@H]32)c1. The van der Waals surface area contributed by atoms with Gasteiger partial charge >= 0.3 is 0 Å². The molecule has 6 nitrogen and oxygen atoms in total. The molecule has 142 valence electrons. The van der Waals surface area contributed by atoms with E-state index in [1.54, 1.807) is 4.90 Å². The summed E-state index contributed by atoms with van der Waals surface area (Å²) in [6.45, 7) is 6.11. The first-order valence-electron chi connectivity index (χ1n) is 9.28. The van der Waals surface area contributed by atoms with Crippen LogP contribution in [0.5, 0.6) is 0 Å². The predicted molar refractivity (Wildman–Crippen MR) is 100 cm³/mol. The Kier molecular flexibility index (Phi) is 4.17. The Labute approximate surface area is 155 Å². The normalized spacial score (nSPS) is 29.4. The summed E-state index contributed by atoms with van der Waals surface area (Å²) in [4.78, 5) is 16.8. The fraction of sp³-hybridized carbons (Fsp3) is 0.632. The Balaban J connectivity index is 1.58. The maximum Gasteiger partial charge on any atom is 0.243 e. The minimum Gasteiger partial charge on any atom is -0.334 e. The number of sulfone groups is 1. The third-order valence-corrected chi connectivity index (χ3v) is 7.63. The number of aryl methyl sites for hydroxylation is 2. The van der Waals surface area contributed by atoms with E-state index < -0.39 is 15.4 Å². The molecule has 2 saturated heterocycles. The average molecular weight is 378 g/mol. The third-order valence-electron chi connectivity index (χ3n) is 5.93. The Hall–Kier alpha value is -1.44. The Morgan fingerprint density at radius 1 is 1.12 bits per heavy atom. The maximum absolute atomic E-state index is 12.8. The molecule has 1 aromatic rings. The number of amides is 1. The van der Waals surface area contributed by atoms with Gasteiger partial charge in [-0.1, -0.05) is 29.3 Å². The molecule has 4 rings (SSSR count). The summed E-state index contributed by atoms with van der Waals surface area (Å²) in [6, 6.07) is 6.04. The van der Waals surface area contributed by atoms with Crippen molar-refractivity contribution in [2.45, 2.75) is 50.9 Å². The van der Waals surface area contributed by atoms with Gasteiger partial charge in [-0.25, -0.2) is 8.42 Å². The van der Waals surface area contributed by atoms with Gasteiger partial charge in [-0.15, -0.1) is 0 Å². The zero-order valence-corrected chi connectivity index (χ0v) is 16.3. The van der Waals surface area contributed by atoms with Gasteiger partial charge in [-0.2, -0.15) is 0 Å². The number of hydrogen-bond donors (Lipinski definition) is 1. The standard InChI is InChI=1S/C19H27N3O3S/c1-13-7-14(2)9-15(8-13)10-21-5-6-22(18(23)19(20)3-4-19)17-12-26(24,25)11-16(17)21/h7-9,16-17H,3-6,10-12,20H2,1-2H3/t16-,17+/m1/s1. The van der Waals surface area contributed by atoms with Crippen molar-refractivity contribution in [1.29, 1.82) is 0 Å². The number of fused-ring (bicyclic) bond motifs is 1. The minimum absolute atomic E-state index is 0.0584. The van der Waals surface area contributed by atoms with Crippen LogP contribution in [-0.2, 0) is 21.2 Å². The highest BCUT2D eigenvalue weighted by Gasteiger charge is 2.54. The van der Waals surface area contributed by atoms with Gasteiger partial charge in [0, 0.05) is 25.7 Å². The van der Waals surface area contributed by atoms with Crippen LogP contribution >= 0.6 is 0 Å². The lowest BCUT2D eigenvalue weighted by atomic mass is 10.0. The summed E-state index contributed by atoms with van der Waals surface area (Å²) in [5, 5.41) is 0. The number of carbonyl (C=O) groups excluding carboxylic acids is 1. The quantitative estimate of drug-likeness (QED) is 0.834. The van der Waals surface area contributed by atoms with E-state index in [9.17, 15) is 13.2 Å². The molecule has 0 radical (unpaired) electrons. The lowest BCUT2D eigenvalue weighted by molar-refractivity contribution is -0.139. The van der Waals surface area contributed by atoms with Crippen LogP contribution in [-0.4, -0.2) is 66.3 Å². The summed E-state index contributed by atoms with van der Waals surface area (Å²) < 4.78 is 24.7. The lowest BCUT2D eigenvalue weighted by Crippen LogP contribution is -2.63. The highest BCUT2D eigenvalue weighted by molar-refractivity contribution is 7.91. The van der Waals surface area contributed by atoms with Crippen molar-refractivity contribution in [1.82, 2.24) is 9.80 Å². The van der Waals surface area contributed by atoms with Crippen molar-refractivity contribution >= 4 is 15.7 Å². The molecule has 3 fully saturated rings. The maximum atomic E-state index is 12.8. The van der Waals surface area contributed by atoms with Gasteiger partial charge in [-0.3, -0.25) is 9.69 Å². The third kappa shape index (κ3) is 3.28. The fourth-order valence-electron chi connectivity index (χ4n) is 4.50. The Morgan fingerprint density at radius 2 is 1.73 bits per heavy atom. The van der Waals surface area contributed by atoms with Crippen molar-refractivity contribution in [3.8, 4) is 0 Å². The van der Waals surface area contributed by atoms with Crippen molar-refractivity contribution in [3.05, 3.63) is 34.9 Å². The van der Waals surface area contributed by atoms with E-state index in [2.05, 4.69) is 36.9 Å². The van der Waals surface area contributed by atoms with Gasteiger partial charge in [0.25, 0.3) is 0 Å². The Morgan fingerprint density at radius 3 is 2.35 bits per heavy atom. The van der Waals surface area contributed by atoms with Crippen LogP contribution in [0.25, 0.3) is 0 Å². The molecule has 0 unspecified atom stereocenters. The summed E-state index contributed by atoms with van der Waals surface area (Å²) in [7, 11) is -3.14. The molecule has 0 spiro atoms. The molecule has 2 atom stereocenters. The molecule has 1 amide bonds. The highest BCUT2D eigenvalue weighted by atomic mass is 32.2. The number of benzene rings is 1. The largest absolute Gasteiger partial charge is 0.334 e. The van der Waals surface area contributed by atoms with Crippen LogP contribution in [0.4, 0.5) is 0 Å². The molecule has 0 aromatic heterocycles. The molecule has 1 aromatic carbocycles. The van der Waals surface area contributed by atoms with Crippen molar-refractivity contribution < 1.29 is 13.2 Å². The number of nitrogens with zero attached hydrogens (tertiary/aromatic N) is 2. The van der Waals surface area contributed by atoms with Crippen LogP contribution in [0.1, 0.15) is 29.5 Å². The zero-order chi connectivity index (χ0) is 18.7. The number of nitrogens with two attached hydrogens (primary N) is 1. The van der Waals surface area contributed by atoms with E-state index in [1.807, 2.05) is 0 Å². The van der Waals surface area contributed by atoms with Gasteiger partial charge < -0.3 is 10.6 Å². The zero-order valence-electron chi connectivity index (χ0n) is 15.4. The van der Waals surface area contributed by atoms with E-state index in [4.69, 9.17) is 5.73 Å². The van der Waals surface area contributed by atoms with E-state index in [0.717, 1.165) is 6.54 Å². The fourth-order valence-corrected chi connectivity index (χ4v) is 6.51. The predicted octanol–water partition coefficient (Wildman–Crippen LogP) is 0.605. The van der Waals surface area contributed by atoms with Crippen LogP contribution in [0.2, 0.25) is 0 Å². The lowest BCUT2D eigenvalue weighted by Gasteiger charge is -2.44. The van der Waals surface area contributed by atoms with E-state index >= 15 is 0 Å². The first-order valence-corrected chi connectivity index (χ1v) is 11.1. The molecule has 2 aliphatic heterocycles. The van der Waals surface area contributed by atoms with Gasteiger partial charge in [0.15, 0.2) is 9.84 Å². The second kappa shape index (κ2) is 6.04. The molecule has 2 N–H and O–H groups in total. The summed E-state index contributed by atoms with van der Waals surface area (Å²) in [6.07, 6.45) is 1.41. The van der Waals surface area contributed by atoms with E-state index in [-0.39, 0.29) is 29.5 Å². The van der Waals surface area contributed by atoms with E-state index in [1.165, 1.54) is 16.7 Å². The first kappa shape index (κ1) is 17.9. The summed E-state index contributed by atoms with van der Waals surface area (Å²) in [5.74, 6) is 0.128. The Bertz CT molecular complexity index is 827. The first-order chi connectivity index (χ1) is 12.2. The number of hydrogen-bond acceptors (Lipinski definition) is 5. The van der Waals surface area contributed by atoms with Gasteiger partial charge in [-0.05, 0) is 32.3 Å². The molecule has 1 aliphatic carbocycles. The highest BCUT2D eigenvalue weighted by Crippen LogP contribution is 2.37. The molecule has 7 heteroatoms. The second-order valence-electron chi connectivity index (χ2n) is 8.33. The molecule has 0 bridgehead atoms. The molecular weight excluding hydrogens is 350 g/mol. The van der Waals surface area contributed by atoms with Crippen molar-refractivity contribution in [2.75, 3.05) is 24.6 Å². The van der Waals surface area contributed by atoms with Crippen LogP contribution in [0, 0.1) is 13.8 Å². The van der Waals surface area contributed by atoms with Gasteiger partial charge in [0.1, 0.15) is 0 Å². The second-order valence-corrected chi connectivity index (χ2v) is 10.5. The van der Waals surface area contributed by atoms with Crippen LogP contribution in [0.15, 0.2) is 18.2 Å². The minimum atomic E-state index is -3.14. The smallest absolute Gasteiger partial charge is 0.243 e. The molecular formula is C19H27N3O3S. The summed E-state index contributed by atoms with van der Waals surface area (Å²) >= 11 is 0. The topological polar surface area (TPSA) is 83.7 Å². The van der Waals surface area contributed by atoms with Gasteiger partial charge in [0.2, 0.25) is 5.91 Å². The molecule has 26 heavy (non-hydrogen) atoms. The average Bonchev–Trinajstić information content (AvgIpc) is 3.18. The summed E-state index contributed by atoms with van der Waals surface area (Å²) in [5.41, 5.74) is 8.98. The number of rotatable bonds is 3. The number of piperazine rings is 1. The molecule has 1 saturated carbocycles. The van der Waals surface area contributed by atoms with E-state index in [0.29, 0.717) is 25.9 Å². The van der Waals surface area contributed by atoms with Crippen LogP contribution in [0.3, 0.4) is 0 Å². The van der Waals surface area contributed by atoms with Crippen molar-refractivity contribution in [3.63, 3.8) is 0 Å². The number of carbonyl (C=O) groups is 1. The van der Waals surface area contributed by atoms with Crippen molar-refractivity contribution in [2.24, 2.45) is 5.73 Å². The molecule has 3 aliphatic rings. The van der Waals surface area contributed by atoms with Crippen LogP contribution < -0.4 is 5.73 Å².